The third-order valence-electron chi connectivity index (χ3n) is 3.08. The lowest BCUT2D eigenvalue weighted by Crippen LogP contribution is -2.30. The second-order valence-corrected chi connectivity index (χ2v) is 6.16. The Labute approximate surface area is 124 Å². The van der Waals surface area contributed by atoms with Gasteiger partial charge in [-0.15, -0.1) is 0 Å². The van der Waals surface area contributed by atoms with Crippen molar-refractivity contribution in [3.05, 3.63) is 28.2 Å². The molecule has 1 aromatic carbocycles. The summed E-state index contributed by atoms with van der Waals surface area (Å²) in [7, 11) is 1.66. The standard InChI is InChI=1S/C15H24BrNO2/c1-10(2)7-13(18)9-17-11(3)12-5-6-15(19-4)14(16)8-12/h5-6,8,10-11,13,17-18H,7,9H2,1-4H3. The number of benzene rings is 1. The summed E-state index contributed by atoms with van der Waals surface area (Å²) in [6.45, 7) is 6.94. The molecular formula is C15H24BrNO2. The van der Waals surface area contributed by atoms with Crippen LogP contribution in [0.2, 0.25) is 0 Å². The first kappa shape index (κ1) is 16.5. The molecule has 1 rings (SSSR count). The smallest absolute Gasteiger partial charge is 0.133 e. The van der Waals surface area contributed by atoms with Gasteiger partial charge in [-0.25, -0.2) is 0 Å². The van der Waals surface area contributed by atoms with Crippen molar-refractivity contribution in [3.8, 4) is 5.75 Å². The number of aliphatic hydroxyl groups is 1. The van der Waals surface area contributed by atoms with Gasteiger partial charge in [-0.2, -0.15) is 0 Å². The van der Waals surface area contributed by atoms with Gasteiger partial charge in [0.05, 0.1) is 17.7 Å². The first-order chi connectivity index (χ1) is 8.93. The van der Waals surface area contributed by atoms with Crippen LogP contribution in [0.3, 0.4) is 0 Å². The van der Waals surface area contributed by atoms with Crippen molar-refractivity contribution >= 4 is 15.9 Å². The molecular weight excluding hydrogens is 306 g/mol. The van der Waals surface area contributed by atoms with Crippen LogP contribution >= 0.6 is 15.9 Å². The summed E-state index contributed by atoms with van der Waals surface area (Å²) in [5.74, 6) is 1.35. The second kappa shape index (κ2) is 7.88. The van der Waals surface area contributed by atoms with Crippen molar-refractivity contribution in [2.75, 3.05) is 13.7 Å². The molecule has 0 fully saturated rings. The van der Waals surface area contributed by atoms with E-state index < -0.39 is 0 Å². The van der Waals surface area contributed by atoms with Crippen LogP contribution in [-0.2, 0) is 0 Å². The quantitative estimate of drug-likeness (QED) is 0.804. The summed E-state index contributed by atoms with van der Waals surface area (Å²) in [4.78, 5) is 0. The highest BCUT2D eigenvalue weighted by atomic mass is 79.9. The first-order valence-electron chi connectivity index (χ1n) is 6.69. The lowest BCUT2D eigenvalue weighted by atomic mass is 10.0. The van der Waals surface area contributed by atoms with E-state index >= 15 is 0 Å². The molecule has 0 saturated carbocycles. The predicted octanol–water partition coefficient (Wildman–Crippen LogP) is 3.52. The molecule has 0 radical (unpaired) electrons. The zero-order valence-electron chi connectivity index (χ0n) is 12.1. The Morgan fingerprint density at radius 2 is 2.00 bits per heavy atom. The first-order valence-corrected chi connectivity index (χ1v) is 7.48. The molecule has 0 aliphatic rings. The Kier molecular flexibility index (Phi) is 6.83. The fourth-order valence-electron chi connectivity index (χ4n) is 2.01. The lowest BCUT2D eigenvalue weighted by molar-refractivity contribution is 0.143. The van der Waals surface area contributed by atoms with Gasteiger partial charge < -0.3 is 15.2 Å². The topological polar surface area (TPSA) is 41.5 Å². The summed E-state index contributed by atoms with van der Waals surface area (Å²) in [5.41, 5.74) is 1.17. The molecule has 0 heterocycles. The van der Waals surface area contributed by atoms with Crippen LogP contribution in [0.4, 0.5) is 0 Å². The van der Waals surface area contributed by atoms with Gasteiger partial charge in [0, 0.05) is 12.6 Å². The highest BCUT2D eigenvalue weighted by molar-refractivity contribution is 9.10. The van der Waals surface area contributed by atoms with E-state index in [9.17, 15) is 5.11 Å². The van der Waals surface area contributed by atoms with Gasteiger partial charge in [0.2, 0.25) is 0 Å². The minimum absolute atomic E-state index is 0.198. The van der Waals surface area contributed by atoms with Crippen molar-refractivity contribution in [1.82, 2.24) is 5.32 Å². The van der Waals surface area contributed by atoms with E-state index in [1.165, 1.54) is 5.56 Å². The summed E-state index contributed by atoms with van der Waals surface area (Å²) in [6, 6.07) is 6.23. The zero-order chi connectivity index (χ0) is 14.4. The van der Waals surface area contributed by atoms with Crippen LogP contribution in [0.25, 0.3) is 0 Å². The van der Waals surface area contributed by atoms with Gasteiger partial charge in [0.1, 0.15) is 5.75 Å². The van der Waals surface area contributed by atoms with Crippen LogP contribution in [0.15, 0.2) is 22.7 Å². The Morgan fingerprint density at radius 1 is 1.32 bits per heavy atom. The Bertz CT molecular complexity index is 396. The molecule has 0 aromatic heterocycles. The van der Waals surface area contributed by atoms with Crippen molar-refractivity contribution in [2.45, 2.75) is 39.3 Å². The molecule has 3 nitrogen and oxygen atoms in total. The minimum atomic E-state index is -0.288. The average molecular weight is 330 g/mol. The summed E-state index contributed by atoms with van der Waals surface area (Å²) < 4.78 is 6.16. The highest BCUT2D eigenvalue weighted by Gasteiger charge is 2.11. The van der Waals surface area contributed by atoms with Crippen LogP contribution in [0.1, 0.15) is 38.8 Å². The highest BCUT2D eigenvalue weighted by Crippen LogP contribution is 2.27. The van der Waals surface area contributed by atoms with Crippen molar-refractivity contribution in [3.63, 3.8) is 0 Å². The second-order valence-electron chi connectivity index (χ2n) is 5.31. The monoisotopic (exact) mass is 329 g/mol. The van der Waals surface area contributed by atoms with Gasteiger partial charge in [-0.1, -0.05) is 19.9 Å². The maximum absolute atomic E-state index is 9.86. The molecule has 1 aromatic rings. The van der Waals surface area contributed by atoms with E-state index in [1.807, 2.05) is 18.2 Å². The fourth-order valence-corrected chi connectivity index (χ4v) is 2.57. The number of ether oxygens (including phenoxy) is 1. The van der Waals surface area contributed by atoms with Crippen LogP contribution in [0.5, 0.6) is 5.75 Å². The molecule has 4 heteroatoms. The van der Waals surface area contributed by atoms with Gasteiger partial charge >= 0.3 is 0 Å². The van der Waals surface area contributed by atoms with Gasteiger partial charge in [0.25, 0.3) is 0 Å². The molecule has 2 N–H and O–H groups in total. The zero-order valence-corrected chi connectivity index (χ0v) is 13.7. The number of hydrogen-bond donors (Lipinski definition) is 2. The van der Waals surface area contributed by atoms with Gasteiger partial charge in [0.15, 0.2) is 0 Å². The Hall–Kier alpha value is -0.580. The van der Waals surface area contributed by atoms with E-state index in [1.54, 1.807) is 7.11 Å². The van der Waals surface area contributed by atoms with Crippen molar-refractivity contribution in [2.24, 2.45) is 5.92 Å². The normalized spacial score (nSPS) is 14.5. The average Bonchev–Trinajstić information content (AvgIpc) is 2.35. The molecule has 2 atom stereocenters. The van der Waals surface area contributed by atoms with Gasteiger partial charge in [-0.3, -0.25) is 0 Å². The molecule has 0 saturated heterocycles. The number of nitrogens with one attached hydrogen (secondary N) is 1. The maximum atomic E-state index is 9.86. The minimum Gasteiger partial charge on any atom is -0.496 e. The Balaban J connectivity index is 2.53. The number of aliphatic hydroxyl groups excluding tert-OH is 1. The Morgan fingerprint density at radius 3 is 2.53 bits per heavy atom. The molecule has 108 valence electrons. The SMILES string of the molecule is COc1ccc(C(C)NCC(O)CC(C)C)cc1Br. The van der Waals surface area contributed by atoms with Crippen molar-refractivity contribution in [1.29, 1.82) is 0 Å². The van der Waals surface area contributed by atoms with Crippen LogP contribution < -0.4 is 10.1 Å². The van der Waals surface area contributed by atoms with E-state index in [4.69, 9.17) is 4.74 Å². The summed E-state index contributed by atoms with van der Waals surface area (Å²) in [6.07, 6.45) is 0.538. The van der Waals surface area contributed by atoms with Crippen LogP contribution in [0, 0.1) is 5.92 Å². The van der Waals surface area contributed by atoms with Crippen LogP contribution in [-0.4, -0.2) is 24.9 Å². The maximum Gasteiger partial charge on any atom is 0.133 e. The summed E-state index contributed by atoms with van der Waals surface area (Å²) >= 11 is 3.49. The molecule has 0 amide bonds. The van der Waals surface area contributed by atoms with E-state index in [-0.39, 0.29) is 12.1 Å². The molecule has 2 unspecified atom stereocenters. The molecule has 0 spiro atoms. The molecule has 0 aliphatic carbocycles. The number of methoxy groups -OCH3 is 1. The van der Waals surface area contributed by atoms with E-state index in [2.05, 4.69) is 42.0 Å². The van der Waals surface area contributed by atoms with E-state index in [0.29, 0.717) is 12.5 Å². The lowest BCUT2D eigenvalue weighted by Gasteiger charge is -2.19. The predicted molar refractivity (Wildman–Crippen MR) is 82.6 cm³/mol. The third kappa shape index (κ3) is 5.51. The van der Waals surface area contributed by atoms with Crippen molar-refractivity contribution < 1.29 is 9.84 Å². The molecule has 0 aliphatic heterocycles. The summed E-state index contributed by atoms with van der Waals surface area (Å²) in [5, 5.41) is 13.2. The number of hydrogen-bond acceptors (Lipinski definition) is 3. The molecule has 0 bridgehead atoms. The number of halogens is 1. The molecule has 19 heavy (non-hydrogen) atoms. The van der Waals surface area contributed by atoms with Gasteiger partial charge in [-0.05, 0) is 52.9 Å². The third-order valence-corrected chi connectivity index (χ3v) is 3.70. The number of rotatable bonds is 7. The fraction of sp³-hybridized carbons (Fsp3) is 0.600. The largest absolute Gasteiger partial charge is 0.496 e. The van der Waals surface area contributed by atoms with E-state index in [0.717, 1.165) is 16.6 Å².